The lowest BCUT2D eigenvalue weighted by Crippen LogP contribution is -2.19. The second-order valence-corrected chi connectivity index (χ2v) is 5.92. The predicted octanol–water partition coefficient (Wildman–Crippen LogP) is 4.13. The molecule has 0 aliphatic heterocycles. The quantitative estimate of drug-likeness (QED) is 0.838. The van der Waals surface area contributed by atoms with Gasteiger partial charge in [0.15, 0.2) is 0 Å². The molecule has 1 aromatic rings. The summed E-state index contributed by atoms with van der Waals surface area (Å²) in [5, 5.41) is 3.81. The van der Waals surface area contributed by atoms with Crippen molar-refractivity contribution in [2.75, 3.05) is 18.6 Å². The smallest absolute Gasteiger partial charge is 0.123 e. The molecule has 4 heteroatoms. The maximum absolute atomic E-state index is 13.2. The highest BCUT2D eigenvalue weighted by Gasteiger charge is 2.14. The first-order valence-electron chi connectivity index (χ1n) is 5.74. The van der Waals surface area contributed by atoms with E-state index in [2.05, 4.69) is 19.2 Å². The van der Waals surface area contributed by atoms with E-state index in [9.17, 15) is 4.39 Å². The van der Waals surface area contributed by atoms with E-state index < -0.39 is 0 Å². The fraction of sp³-hybridized carbons (Fsp3) is 0.538. The number of halogens is 2. The number of rotatable bonds is 6. The minimum Gasteiger partial charge on any atom is -0.312 e. The van der Waals surface area contributed by atoms with Crippen LogP contribution in [0, 0.1) is 11.7 Å². The molecule has 1 unspecified atom stereocenters. The van der Waals surface area contributed by atoms with Crippen molar-refractivity contribution in [3.8, 4) is 0 Å². The van der Waals surface area contributed by atoms with Gasteiger partial charge in [-0.3, -0.25) is 0 Å². The normalized spacial score (nSPS) is 13.1. The zero-order valence-electron chi connectivity index (χ0n) is 10.5. The Morgan fingerprint density at radius 1 is 1.35 bits per heavy atom. The molecule has 0 saturated heterocycles. The molecule has 0 fully saturated rings. The summed E-state index contributed by atoms with van der Waals surface area (Å²) in [7, 11) is 1.88. The minimum atomic E-state index is -0.237. The minimum absolute atomic E-state index is 0.0990. The van der Waals surface area contributed by atoms with Crippen LogP contribution in [0.5, 0.6) is 0 Å². The van der Waals surface area contributed by atoms with Crippen LogP contribution in [0.2, 0.25) is 5.02 Å². The van der Waals surface area contributed by atoms with E-state index in [0.29, 0.717) is 10.9 Å². The molecule has 1 nitrogen and oxygen atoms in total. The number of thioether (sulfide) groups is 1. The third-order valence-corrected chi connectivity index (χ3v) is 4.23. The maximum atomic E-state index is 13.2. The van der Waals surface area contributed by atoms with Gasteiger partial charge in [-0.2, -0.15) is 11.8 Å². The Labute approximate surface area is 112 Å². The molecule has 17 heavy (non-hydrogen) atoms. The molecule has 1 aromatic carbocycles. The maximum Gasteiger partial charge on any atom is 0.123 e. The third kappa shape index (κ3) is 4.86. The molecule has 1 N–H and O–H groups in total. The Morgan fingerprint density at radius 2 is 2.06 bits per heavy atom. The largest absolute Gasteiger partial charge is 0.312 e. The average molecular weight is 276 g/mol. The van der Waals surface area contributed by atoms with E-state index in [4.69, 9.17) is 11.6 Å². The second-order valence-electron chi connectivity index (χ2n) is 4.44. The Balaban J connectivity index is 2.68. The highest BCUT2D eigenvalue weighted by Crippen LogP contribution is 2.26. The first kappa shape index (κ1) is 14.8. The highest BCUT2D eigenvalue weighted by molar-refractivity contribution is 7.99. The highest BCUT2D eigenvalue weighted by atomic mass is 35.5. The van der Waals surface area contributed by atoms with Crippen molar-refractivity contribution in [3.63, 3.8) is 0 Å². The molecule has 0 amide bonds. The third-order valence-electron chi connectivity index (χ3n) is 2.42. The lowest BCUT2D eigenvalue weighted by Gasteiger charge is -2.18. The van der Waals surface area contributed by atoms with E-state index in [1.807, 2.05) is 18.8 Å². The van der Waals surface area contributed by atoms with Crippen LogP contribution in [0.1, 0.15) is 25.5 Å². The van der Waals surface area contributed by atoms with E-state index in [1.54, 1.807) is 6.07 Å². The van der Waals surface area contributed by atoms with Gasteiger partial charge in [0.05, 0.1) is 0 Å². The monoisotopic (exact) mass is 275 g/mol. The van der Waals surface area contributed by atoms with Crippen LogP contribution in [0.3, 0.4) is 0 Å². The van der Waals surface area contributed by atoms with E-state index >= 15 is 0 Å². The summed E-state index contributed by atoms with van der Waals surface area (Å²) in [5.41, 5.74) is 0.838. The van der Waals surface area contributed by atoms with Gasteiger partial charge in [0.2, 0.25) is 0 Å². The van der Waals surface area contributed by atoms with Gasteiger partial charge in [-0.05, 0) is 42.5 Å². The summed E-state index contributed by atoms with van der Waals surface area (Å²) >= 11 is 7.96. The fourth-order valence-electron chi connectivity index (χ4n) is 1.53. The topological polar surface area (TPSA) is 12.0 Å². The van der Waals surface area contributed by atoms with Crippen LogP contribution in [-0.4, -0.2) is 18.6 Å². The van der Waals surface area contributed by atoms with Crippen molar-refractivity contribution in [1.82, 2.24) is 5.32 Å². The van der Waals surface area contributed by atoms with Gasteiger partial charge in [-0.15, -0.1) is 0 Å². The van der Waals surface area contributed by atoms with Crippen molar-refractivity contribution in [1.29, 1.82) is 0 Å². The van der Waals surface area contributed by atoms with Crippen molar-refractivity contribution in [3.05, 3.63) is 34.6 Å². The van der Waals surface area contributed by atoms with Gasteiger partial charge in [0.25, 0.3) is 0 Å². The summed E-state index contributed by atoms with van der Waals surface area (Å²) in [4.78, 5) is 0. The van der Waals surface area contributed by atoms with E-state index in [1.165, 1.54) is 12.1 Å². The van der Waals surface area contributed by atoms with Crippen molar-refractivity contribution < 1.29 is 4.39 Å². The average Bonchev–Trinajstić information content (AvgIpc) is 2.28. The van der Waals surface area contributed by atoms with E-state index in [-0.39, 0.29) is 11.9 Å². The van der Waals surface area contributed by atoms with Crippen LogP contribution < -0.4 is 5.32 Å². The zero-order chi connectivity index (χ0) is 12.8. The summed E-state index contributed by atoms with van der Waals surface area (Å²) in [6, 6.07) is 4.62. The molecule has 0 spiro atoms. The van der Waals surface area contributed by atoms with Gasteiger partial charge >= 0.3 is 0 Å². The van der Waals surface area contributed by atoms with Crippen LogP contribution in [0.4, 0.5) is 4.39 Å². The Hall–Kier alpha value is -0.250. The number of benzene rings is 1. The first-order valence-corrected chi connectivity index (χ1v) is 7.27. The number of nitrogens with one attached hydrogen (secondary N) is 1. The SMILES string of the molecule is CNC(CSCC(C)C)c1cc(F)ccc1Cl. The van der Waals surface area contributed by atoms with Crippen molar-refractivity contribution in [2.24, 2.45) is 5.92 Å². The molecule has 0 bridgehead atoms. The molecule has 0 heterocycles. The van der Waals surface area contributed by atoms with Gasteiger partial charge in [-0.25, -0.2) is 4.39 Å². The lowest BCUT2D eigenvalue weighted by molar-refractivity contribution is 0.611. The summed E-state index contributed by atoms with van der Waals surface area (Å²) in [6.45, 7) is 4.38. The molecule has 0 aliphatic rings. The van der Waals surface area contributed by atoms with Gasteiger partial charge < -0.3 is 5.32 Å². The molecule has 0 aliphatic carbocycles. The second kappa shape index (κ2) is 7.24. The Bertz CT molecular complexity index is 357. The summed E-state index contributed by atoms with van der Waals surface area (Å²) in [5.74, 6) is 2.43. The van der Waals surface area contributed by atoms with Crippen LogP contribution in [0.25, 0.3) is 0 Å². The standard InChI is InChI=1S/C13H19ClFNS/c1-9(2)7-17-8-13(16-3)11-6-10(15)4-5-12(11)14/h4-6,9,13,16H,7-8H2,1-3H3. The number of hydrogen-bond donors (Lipinski definition) is 1. The van der Waals surface area contributed by atoms with Gasteiger partial charge in [0, 0.05) is 16.8 Å². The summed E-state index contributed by atoms with van der Waals surface area (Å²) in [6.07, 6.45) is 0. The molecule has 1 atom stereocenters. The predicted molar refractivity (Wildman–Crippen MR) is 75.4 cm³/mol. The molecule has 0 saturated carbocycles. The first-order chi connectivity index (χ1) is 8.04. The van der Waals surface area contributed by atoms with Gasteiger partial charge in [-0.1, -0.05) is 25.4 Å². The van der Waals surface area contributed by atoms with Crippen LogP contribution in [0.15, 0.2) is 18.2 Å². The zero-order valence-corrected chi connectivity index (χ0v) is 12.0. The van der Waals surface area contributed by atoms with E-state index in [0.717, 1.165) is 17.1 Å². The molecule has 0 aromatic heterocycles. The Morgan fingerprint density at radius 3 is 2.65 bits per heavy atom. The molecular formula is C13H19ClFNS. The van der Waals surface area contributed by atoms with Crippen molar-refractivity contribution >= 4 is 23.4 Å². The van der Waals surface area contributed by atoms with Crippen LogP contribution in [-0.2, 0) is 0 Å². The molecular weight excluding hydrogens is 257 g/mol. The molecule has 96 valence electrons. The Kier molecular flexibility index (Phi) is 6.31. The van der Waals surface area contributed by atoms with Gasteiger partial charge in [0.1, 0.15) is 5.82 Å². The van der Waals surface area contributed by atoms with Crippen LogP contribution >= 0.6 is 23.4 Å². The summed E-state index contributed by atoms with van der Waals surface area (Å²) < 4.78 is 13.2. The fourth-order valence-corrected chi connectivity index (χ4v) is 2.97. The number of hydrogen-bond acceptors (Lipinski definition) is 2. The molecule has 1 rings (SSSR count). The molecule has 0 radical (unpaired) electrons. The van der Waals surface area contributed by atoms with Crippen molar-refractivity contribution in [2.45, 2.75) is 19.9 Å². The lowest BCUT2D eigenvalue weighted by atomic mass is 10.1.